The number of aromatic amines is 1. The average Bonchev–Trinajstić information content (AvgIpc) is 3.03. The molecule has 3 aromatic rings. The quantitative estimate of drug-likeness (QED) is 0.545. The molecule has 1 aromatic heterocycles. The van der Waals surface area contributed by atoms with E-state index in [9.17, 15) is 14.3 Å². The second-order valence-corrected chi connectivity index (χ2v) is 8.97. The molecular weight excluding hydrogens is 449 g/mol. The van der Waals surface area contributed by atoms with Crippen LogP contribution in [-0.4, -0.2) is 27.3 Å². The molecule has 0 saturated heterocycles. The van der Waals surface area contributed by atoms with E-state index in [0.29, 0.717) is 23.4 Å². The lowest BCUT2D eigenvalue weighted by Crippen LogP contribution is -2.33. The summed E-state index contributed by atoms with van der Waals surface area (Å²) in [7, 11) is 0. The summed E-state index contributed by atoms with van der Waals surface area (Å²) in [4.78, 5) is 12.5. The van der Waals surface area contributed by atoms with E-state index in [-0.39, 0.29) is 28.3 Å². The molecule has 3 N–H and O–H groups in total. The smallest absolute Gasteiger partial charge is 0.251 e. The van der Waals surface area contributed by atoms with Crippen LogP contribution in [0.25, 0.3) is 10.9 Å². The maximum atomic E-state index is 13.4. The van der Waals surface area contributed by atoms with Crippen molar-refractivity contribution in [1.29, 1.82) is 0 Å². The fourth-order valence-electron chi connectivity index (χ4n) is 4.57. The minimum atomic E-state index is -0.984. The first-order valence-corrected chi connectivity index (χ1v) is 10.1. The highest BCUT2D eigenvalue weighted by atomic mass is 79.9. The van der Waals surface area contributed by atoms with Crippen molar-refractivity contribution in [2.45, 2.75) is 24.5 Å². The number of hydrogen-bond donors (Lipinski definition) is 3. The van der Waals surface area contributed by atoms with Crippen LogP contribution in [0.2, 0.25) is 5.02 Å². The minimum absolute atomic E-state index is 0.0237. The largest absolute Gasteiger partial charge is 0.385 e. The van der Waals surface area contributed by atoms with Crippen LogP contribution >= 0.6 is 27.5 Å². The van der Waals surface area contributed by atoms with Gasteiger partial charge in [0, 0.05) is 22.0 Å². The van der Waals surface area contributed by atoms with E-state index in [1.165, 1.54) is 18.2 Å². The van der Waals surface area contributed by atoms with Crippen molar-refractivity contribution >= 4 is 44.3 Å². The molecule has 1 amide bonds. The van der Waals surface area contributed by atoms with E-state index >= 15 is 0 Å². The number of rotatable bonds is 3. The Kier molecular flexibility index (Phi) is 4.05. The lowest BCUT2D eigenvalue weighted by atomic mass is 9.86. The van der Waals surface area contributed by atoms with Crippen molar-refractivity contribution < 1.29 is 14.3 Å². The molecule has 2 fully saturated rings. The van der Waals surface area contributed by atoms with Crippen LogP contribution in [0.3, 0.4) is 0 Å². The molecule has 2 aromatic carbocycles. The number of amides is 1. The van der Waals surface area contributed by atoms with Gasteiger partial charge in [0.2, 0.25) is 0 Å². The normalized spacial score (nSPS) is 28.4. The van der Waals surface area contributed by atoms with Gasteiger partial charge in [0.25, 0.3) is 5.91 Å². The van der Waals surface area contributed by atoms with E-state index in [0.717, 1.165) is 16.5 Å². The molecule has 28 heavy (non-hydrogen) atoms. The second kappa shape index (κ2) is 6.27. The van der Waals surface area contributed by atoms with Crippen LogP contribution in [0.15, 0.2) is 41.0 Å². The molecule has 0 bridgehead atoms. The number of nitrogens with one attached hydrogen (secondary N) is 2. The number of benzene rings is 2. The van der Waals surface area contributed by atoms with Crippen molar-refractivity contribution in [3.8, 4) is 0 Å². The highest BCUT2D eigenvalue weighted by Crippen LogP contribution is 2.60. The third-order valence-electron chi connectivity index (χ3n) is 5.98. The molecule has 4 atom stereocenters. The van der Waals surface area contributed by atoms with Gasteiger partial charge in [-0.05, 0) is 76.5 Å². The van der Waals surface area contributed by atoms with Crippen LogP contribution in [0.4, 0.5) is 4.39 Å². The zero-order valence-corrected chi connectivity index (χ0v) is 16.9. The Morgan fingerprint density at radius 3 is 2.79 bits per heavy atom. The number of halogens is 3. The maximum absolute atomic E-state index is 13.4. The first-order valence-electron chi connectivity index (χ1n) is 8.97. The van der Waals surface area contributed by atoms with Crippen LogP contribution in [0, 0.1) is 17.7 Å². The van der Waals surface area contributed by atoms with Crippen LogP contribution in [0.1, 0.15) is 28.8 Å². The number of H-pyrrole nitrogens is 1. The lowest BCUT2D eigenvalue weighted by molar-refractivity contribution is 0.0293. The summed E-state index contributed by atoms with van der Waals surface area (Å²) in [5, 5.41) is 22.7. The predicted molar refractivity (Wildman–Crippen MR) is 107 cm³/mol. The standard InChI is InChI=1S/C20H16BrClFN3O2/c21-15-3-9(1-2-16(15)23)19(27)25-18-11-6-20(28,7-12(11)18)14-4-10(22)5-17-13(14)8-24-26-17/h1-5,8,11-12,18,28H,6-7H2,(H,24,26)(H,25,27)/t11-,12+,18+,20+. The Morgan fingerprint density at radius 1 is 1.32 bits per heavy atom. The molecule has 144 valence electrons. The topological polar surface area (TPSA) is 78.0 Å². The Balaban J connectivity index is 1.32. The third kappa shape index (κ3) is 2.84. The number of nitrogens with zero attached hydrogens (tertiary/aromatic N) is 1. The number of carbonyl (C=O) groups excluding carboxylic acids is 1. The fourth-order valence-corrected chi connectivity index (χ4v) is 5.17. The Morgan fingerprint density at radius 2 is 2.07 bits per heavy atom. The Labute approximate surface area is 173 Å². The van der Waals surface area contributed by atoms with Gasteiger partial charge < -0.3 is 10.4 Å². The Hall–Kier alpha value is -1.96. The number of fused-ring (bicyclic) bond motifs is 2. The first kappa shape index (κ1) is 18.1. The number of aromatic nitrogens is 2. The molecule has 5 nitrogen and oxygen atoms in total. The van der Waals surface area contributed by atoms with Gasteiger partial charge in [-0.1, -0.05) is 11.6 Å². The van der Waals surface area contributed by atoms with Crippen molar-refractivity contribution in [3.05, 3.63) is 63.0 Å². The van der Waals surface area contributed by atoms with Gasteiger partial charge in [0.05, 0.1) is 21.8 Å². The van der Waals surface area contributed by atoms with Crippen molar-refractivity contribution in [2.75, 3.05) is 0 Å². The highest BCUT2D eigenvalue weighted by molar-refractivity contribution is 9.10. The lowest BCUT2D eigenvalue weighted by Gasteiger charge is -2.27. The summed E-state index contributed by atoms with van der Waals surface area (Å²) in [6.07, 6.45) is 2.81. The van der Waals surface area contributed by atoms with Gasteiger partial charge in [-0.3, -0.25) is 9.89 Å². The fraction of sp³-hybridized carbons (Fsp3) is 0.300. The summed E-state index contributed by atoms with van der Waals surface area (Å²) >= 11 is 9.31. The molecule has 5 rings (SSSR count). The van der Waals surface area contributed by atoms with Crippen molar-refractivity contribution in [3.63, 3.8) is 0 Å². The molecule has 1 heterocycles. The minimum Gasteiger partial charge on any atom is -0.385 e. The monoisotopic (exact) mass is 463 g/mol. The van der Waals surface area contributed by atoms with E-state index in [4.69, 9.17) is 11.6 Å². The number of hydrogen-bond acceptors (Lipinski definition) is 3. The highest BCUT2D eigenvalue weighted by Gasteiger charge is 2.62. The zero-order chi connectivity index (χ0) is 19.6. The number of aliphatic hydroxyl groups is 1. The Bertz CT molecular complexity index is 1110. The first-order chi connectivity index (χ1) is 13.4. The van der Waals surface area contributed by atoms with Crippen LogP contribution in [0.5, 0.6) is 0 Å². The van der Waals surface area contributed by atoms with E-state index in [1.807, 2.05) is 0 Å². The summed E-state index contributed by atoms with van der Waals surface area (Å²) < 4.78 is 13.6. The van der Waals surface area contributed by atoms with Gasteiger partial charge in [0.1, 0.15) is 5.82 Å². The van der Waals surface area contributed by atoms with Crippen LogP contribution < -0.4 is 5.32 Å². The number of carbonyl (C=O) groups is 1. The van der Waals surface area contributed by atoms with E-state index in [1.54, 1.807) is 18.3 Å². The molecule has 2 aliphatic rings. The molecule has 8 heteroatoms. The summed E-state index contributed by atoms with van der Waals surface area (Å²) in [6.45, 7) is 0. The third-order valence-corrected chi connectivity index (χ3v) is 6.81. The van der Waals surface area contributed by atoms with Crippen LogP contribution in [-0.2, 0) is 5.60 Å². The molecule has 0 unspecified atom stereocenters. The van der Waals surface area contributed by atoms with Gasteiger partial charge in [0.15, 0.2) is 0 Å². The molecule has 0 spiro atoms. The van der Waals surface area contributed by atoms with E-state index < -0.39 is 11.4 Å². The van der Waals surface area contributed by atoms with Gasteiger partial charge in [-0.2, -0.15) is 5.10 Å². The molecule has 2 saturated carbocycles. The van der Waals surface area contributed by atoms with Gasteiger partial charge in [-0.25, -0.2) is 4.39 Å². The maximum Gasteiger partial charge on any atom is 0.251 e. The van der Waals surface area contributed by atoms with Gasteiger partial charge >= 0.3 is 0 Å². The molecule has 2 aliphatic carbocycles. The molecular formula is C20H16BrClFN3O2. The summed E-state index contributed by atoms with van der Waals surface area (Å²) in [6, 6.07) is 7.81. The van der Waals surface area contributed by atoms with Crippen molar-refractivity contribution in [2.24, 2.45) is 11.8 Å². The predicted octanol–water partition coefficient (Wildman–Crippen LogP) is 4.14. The molecule has 0 aliphatic heterocycles. The second-order valence-electron chi connectivity index (χ2n) is 7.68. The average molecular weight is 465 g/mol. The van der Waals surface area contributed by atoms with Crippen molar-refractivity contribution in [1.82, 2.24) is 15.5 Å². The van der Waals surface area contributed by atoms with E-state index in [2.05, 4.69) is 31.4 Å². The molecule has 0 radical (unpaired) electrons. The zero-order valence-electron chi connectivity index (χ0n) is 14.5. The summed E-state index contributed by atoms with van der Waals surface area (Å²) in [5.74, 6) is -0.224. The van der Waals surface area contributed by atoms with Gasteiger partial charge in [-0.15, -0.1) is 0 Å². The summed E-state index contributed by atoms with van der Waals surface area (Å²) in [5.41, 5.74) is 0.998. The SMILES string of the molecule is O=C(N[C@H]1[C@@H]2C[C@@](O)(c3cc(Cl)cc4[nH]ncc34)C[C@@H]21)c1ccc(F)c(Br)c1.